The van der Waals surface area contributed by atoms with E-state index in [1.807, 2.05) is 34.5 Å². The fourth-order valence-electron chi connectivity index (χ4n) is 4.99. The number of benzene rings is 2. The smallest absolute Gasteiger partial charge is 0.253 e. The molecule has 32 heavy (non-hydrogen) atoms. The van der Waals surface area contributed by atoms with Crippen LogP contribution in [0.5, 0.6) is 0 Å². The van der Waals surface area contributed by atoms with Crippen LogP contribution in [0.2, 0.25) is 0 Å². The van der Waals surface area contributed by atoms with Gasteiger partial charge in [-0.1, -0.05) is 22.7 Å². The van der Waals surface area contributed by atoms with Crippen molar-refractivity contribution in [1.29, 1.82) is 0 Å². The average molecular weight is 442 g/mol. The van der Waals surface area contributed by atoms with Gasteiger partial charge < -0.3 is 14.8 Å². The predicted octanol–water partition coefficient (Wildman–Crippen LogP) is 4.86. The number of anilines is 1. The highest BCUT2D eigenvalue weighted by atomic mass is 32.1. The molecule has 7 heteroatoms. The number of nitrogens with one attached hydrogen (secondary N) is 1. The van der Waals surface area contributed by atoms with Crippen LogP contribution >= 0.6 is 11.5 Å². The van der Waals surface area contributed by atoms with Crippen LogP contribution in [0, 0.1) is 6.92 Å². The van der Waals surface area contributed by atoms with Crippen molar-refractivity contribution in [1.82, 2.24) is 19.1 Å². The fourth-order valence-corrected chi connectivity index (χ4v) is 5.46. The first-order valence-corrected chi connectivity index (χ1v) is 11.7. The number of amides is 1. The average Bonchev–Trinajstić information content (AvgIpc) is 3.52. The van der Waals surface area contributed by atoms with E-state index < -0.39 is 0 Å². The van der Waals surface area contributed by atoms with Crippen molar-refractivity contribution in [3.8, 4) is 16.9 Å². The van der Waals surface area contributed by atoms with E-state index in [1.54, 1.807) is 0 Å². The molecule has 2 aromatic heterocycles. The largest absolute Gasteiger partial charge is 0.372 e. The van der Waals surface area contributed by atoms with E-state index in [-0.39, 0.29) is 11.4 Å². The molecule has 2 aromatic carbocycles. The maximum atomic E-state index is 13.2. The lowest BCUT2D eigenvalue weighted by molar-refractivity contribution is 0.0676. The summed E-state index contributed by atoms with van der Waals surface area (Å²) in [6, 6.07) is 18.6. The quantitative estimate of drug-likeness (QED) is 0.482. The van der Waals surface area contributed by atoms with Gasteiger partial charge in [-0.2, -0.15) is 0 Å². The van der Waals surface area contributed by atoms with Gasteiger partial charge in [0.2, 0.25) is 0 Å². The summed E-state index contributed by atoms with van der Waals surface area (Å²) in [4.78, 5) is 15.2. The van der Waals surface area contributed by atoms with E-state index in [2.05, 4.69) is 62.9 Å². The molecular weight excluding hydrogens is 418 g/mol. The number of fused-ring (bicyclic) bond motifs is 4. The van der Waals surface area contributed by atoms with Gasteiger partial charge in [-0.3, -0.25) is 4.79 Å². The molecule has 1 amide bonds. The van der Waals surface area contributed by atoms with Gasteiger partial charge in [0.15, 0.2) is 0 Å². The van der Waals surface area contributed by atoms with Crippen molar-refractivity contribution < 1.29 is 4.79 Å². The van der Waals surface area contributed by atoms with Crippen LogP contribution in [0.25, 0.3) is 16.9 Å². The zero-order valence-electron chi connectivity index (χ0n) is 17.8. The molecule has 6 rings (SSSR count). The Morgan fingerprint density at radius 3 is 2.66 bits per heavy atom. The van der Waals surface area contributed by atoms with Crippen molar-refractivity contribution in [3.05, 3.63) is 83.0 Å². The third kappa shape index (κ3) is 3.04. The van der Waals surface area contributed by atoms with E-state index in [1.165, 1.54) is 34.2 Å². The molecule has 1 N–H and O–H groups in total. The Morgan fingerprint density at radius 2 is 1.91 bits per heavy atom. The number of piperidine rings is 1. The first kappa shape index (κ1) is 19.3. The van der Waals surface area contributed by atoms with Gasteiger partial charge >= 0.3 is 0 Å². The molecule has 4 aromatic rings. The maximum absolute atomic E-state index is 13.2. The minimum atomic E-state index is -0.150. The first-order chi connectivity index (χ1) is 15.6. The number of aryl methyl sites for hydroxylation is 1. The number of aromatic nitrogens is 3. The summed E-state index contributed by atoms with van der Waals surface area (Å²) in [5.41, 5.74) is 7.27. The molecule has 0 aliphatic carbocycles. The molecular formula is C25H23N5OS. The summed E-state index contributed by atoms with van der Waals surface area (Å²) in [5.74, 6) is 0.0882. The zero-order chi connectivity index (χ0) is 21.7. The number of hydrogen-bond acceptors (Lipinski definition) is 5. The molecule has 4 heterocycles. The summed E-state index contributed by atoms with van der Waals surface area (Å²) in [6.45, 7) is 3.56. The summed E-state index contributed by atoms with van der Waals surface area (Å²) < 4.78 is 6.21. The van der Waals surface area contributed by atoms with Crippen molar-refractivity contribution in [2.45, 2.75) is 25.3 Å². The van der Waals surface area contributed by atoms with E-state index in [0.717, 1.165) is 37.2 Å². The number of rotatable bonds is 2. The molecule has 0 atom stereocenters. The van der Waals surface area contributed by atoms with Crippen molar-refractivity contribution in [2.24, 2.45) is 0 Å². The monoisotopic (exact) mass is 441 g/mol. The second kappa shape index (κ2) is 7.31. The minimum absolute atomic E-state index is 0.0882. The number of carbonyl (C=O) groups excluding carboxylic acids is 1. The topological polar surface area (TPSA) is 63.1 Å². The normalized spacial score (nSPS) is 16.3. The molecule has 160 valence electrons. The Hall–Kier alpha value is -3.45. The molecule has 0 radical (unpaired) electrons. The number of carbonyl (C=O) groups is 1. The summed E-state index contributed by atoms with van der Waals surface area (Å²) >= 11 is 1.33. The standard InChI is InChI=1S/C25H23N5OS/c1-17-4-9-22-20(15-17)26-25(23-3-2-12-30(22)23)10-13-29(14-11-25)24(31)19-7-5-18(6-8-19)21-16-32-28-27-21/h2-9,12,15-16,26H,10-11,13-14H2,1H3. The van der Waals surface area contributed by atoms with Gasteiger partial charge in [-0.15, -0.1) is 5.10 Å². The number of likely N-dealkylation sites (tertiary alicyclic amines) is 1. The lowest BCUT2D eigenvalue weighted by atomic mass is 9.82. The molecule has 0 saturated carbocycles. The maximum Gasteiger partial charge on any atom is 0.253 e. The van der Waals surface area contributed by atoms with Crippen LogP contribution in [-0.4, -0.2) is 38.1 Å². The molecule has 0 unspecified atom stereocenters. The van der Waals surface area contributed by atoms with Gasteiger partial charge in [0.05, 0.1) is 16.9 Å². The van der Waals surface area contributed by atoms with E-state index in [9.17, 15) is 4.79 Å². The summed E-state index contributed by atoms with van der Waals surface area (Å²) in [7, 11) is 0. The van der Waals surface area contributed by atoms with Gasteiger partial charge in [-0.05, 0) is 73.3 Å². The van der Waals surface area contributed by atoms with Crippen LogP contribution in [0.1, 0.15) is 34.5 Å². The van der Waals surface area contributed by atoms with Crippen molar-refractivity contribution in [2.75, 3.05) is 18.4 Å². The lowest BCUT2D eigenvalue weighted by Gasteiger charge is -2.46. The van der Waals surface area contributed by atoms with Crippen LogP contribution in [0.3, 0.4) is 0 Å². The van der Waals surface area contributed by atoms with E-state index >= 15 is 0 Å². The zero-order valence-corrected chi connectivity index (χ0v) is 18.6. The highest BCUT2D eigenvalue weighted by Crippen LogP contribution is 2.43. The molecule has 1 fully saturated rings. The van der Waals surface area contributed by atoms with Gasteiger partial charge in [0.25, 0.3) is 5.91 Å². The highest BCUT2D eigenvalue weighted by molar-refractivity contribution is 7.03. The Labute approximate surface area is 190 Å². The second-order valence-corrected chi connectivity index (χ2v) is 9.26. The van der Waals surface area contributed by atoms with Crippen LogP contribution in [-0.2, 0) is 5.54 Å². The molecule has 0 bridgehead atoms. The van der Waals surface area contributed by atoms with Crippen molar-refractivity contribution >= 4 is 23.1 Å². The van der Waals surface area contributed by atoms with Crippen molar-refractivity contribution in [3.63, 3.8) is 0 Å². The SMILES string of the molecule is Cc1ccc2c(c1)NC1(CCN(C(=O)c3ccc(-c4csnn4)cc3)CC1)c1cccn1-2. The van der Waals surface area contributed by atoms with Crippen LogP contribution in [0.15, 0.2) is 66.2 Å². The minimum Gasteiger partial charge on any atom is -0.372 e. The second-order valence-electron chi connectivity index (χ2n) is 8.65. The number of nitrogens with zero attached hydrogens (tertiary/aromatic N) is 4. The van der Waals surface area contributed by atoms with Gasteiger partial charge in [-0.25, -0.2) is 0 Å². The highest BCUT2D eigenvalue weighted by Gasteiger charge is 2.42. The molecule has 2 aliphatic rings. The van der Waals surface area contributed by atoms with Gasteiger partial charge in [0.1, 0.15) is 5.69 Å². The predicted molar refractivity (Wildman–Crippen MR) is 126 cm³/mol. The Bertz CT molecular complexity index is 1280. The van der Waals surface area contributed by atoms with Crippen LogP contribution in [0.4, 0.5) is 5.69 Å². The molecule has 6 nitrogen and oxygen atoms in total. The van der Waals surface area contributed by atoms with E-state index in [4.69, 9.17) is 0 Å². The first-order valence-electron chi connectivity index (χ1n) is 10.9. The Morgan fingerprint density at radius 1 is 1.09 bits per heavy atom. The number of hydrogen-bond donors (Lipinski definition) is 1. The van der Waals surface area contributed by atoms with E-state index in [0.29, 0.717) is 5.56 Å². The third-order valence-electron chi connectivity index (χ3n) is 6.72. The molecule has 2 aliphatic heterocycles. The Balaban J connectivity index is 1.22. The van der Waals surface area contributed by atoms with Crippen LogP contribution < -0.4 is 5.32 Å². The lowest BCUT2D eigenvalue weighted by Crippen LogP contribution is -2.51. The summed E-state index contributed by atoms with van der Waals surface area (Å²) in [6.07, 6.45) is 3.89. The Kier molecular flexibility index (Phi) is 4.40. The fraction of sp³-hybridized carbons (Fsp3) is 0.240. The van der Waals surface area contributed by atoms with Gasteiger partial charge in [0, 0.05) is 41.5 Å². The molecule has 1 saturated heterocycles. The third-order valence-corrected chi connectivity index (χ3v) is 7.22. The summed E-state index contributed by atoms with van der Waals surface area (Å²) in [5, 5.41) is 9.86. The molecule has 1 spiro atoms.